The fourth-order valence-corrected chi connectivity index (χ4v) is 7.42. The van der Waals surface area contributed by atoms with E-state index >= 15 is 0 Å². The number of benzene rings is 1. The maximum Gasteiger partial charge on any atom is 0.312 e. The highest BCUT2D eigenvalue weighted by Crippen LogP contribution is 2.31. The number of nitrogens with two attached hydrogens (primary N) is 1. The van der Waals surface area contributed by atoms with Crippen molar-refractivity contribution in [1.82, 2.24) is 14.7 Å². The van der Waals surface area contributed by atoms with Gasteiger partial charge in [0.05, 0.1) is 32.2 Å². The second-order valence-corrected chi connectivity index (χ2v) is 13.4. The van der Waals surface area contributed by atoms with Crippen LogP contribution >= 0.6 is 34.0 Å². The van der Waals surface area contributed by atoms with E-state index in [1.165, 1.54) is 34.8 Å². The third-order valence-corrected chi connectivity index (χ3v) is 9.86. The van der Waals surface area contributed by atoms with Crippen LogP contribution in [0.1, 0.15) is 28.0 Å². The Kier molecular flexibility index (Phi) is 7.59. The van der Waals surface area contributed by atoms with Crippen LogP contribution in [0.5, 0.6) is 0 Å². The monoisotopic (exact) mass is 556 g/mol. The van der Waals surface area contributed by atoms with E-state index in [-0.39, 0.29) is 17.1 Å². The average molecular weight is 557 g/mol. The lowest BCUT2D eigenvalue weighted by molar-refractivity contribution is 0.333. The molecule has 0 aliphatic rings. The minimum absolute atomic E-state index is 0.0941. The standard InChI is InChI=1S/C20H20N4O5S5/c1-13-22-15(10-31-13)12-33(25,26)24-17(18-11-32-20(23-18)19-3-2-8-30-19)9-14-4-6-16(7-5-14)34(27,28)29-21/h2-8,10-11,17,24H,9,12,21H2,1H3/t17-/m0/s1. The van der Waals surface area contributed by atoms with E-state index in [4.69, 9.17) is 5.90 Å². The molecule has 0 saturated heterocycles. The summed E-state index contributed by atoms with van der Waals surface area (Å²) in [6.07, 6.45) is 0.257. The topological polar surface area (TPSA) is 141 Å². The van der Waals surface area contributed by atoms with Gasteiger partial charge in [0, 0.05) is 10.8 Å². The SMILES string of the molecule is Cc1nc(CS(=O)(=O)N[C@@H](Cc2ccc(S(=O)(=O)ON)cc2)c2csc(-c3cccs3)n2)cs1. The second-order valence-electron chi connectivity index (χ2n) is 7.24. The highest BCUT2D eigenvalue weighted by Gasteiger charge is 2.24. The quantitative estimate of drug-likeness (QED) is 0.282. The summed E-state index contributed by atoms with van der Waals surface area (Å²) in [5.41, 5.74) is 1.76. The van der Waals surface area contributed by atoms with Gasteiger partial charge in [-0.25, -0.2) is 23.1 Å². The summed E-state index contributed by atoms with van der Waals surface area (Å²) in [5, 5.41) is 7.09. The van der Waals surface area contributed by atoms with Crippen LogP contribution in [-0.4, -0.2) is 26.8 Å². The molecule has 3 N–H and O–H groups in total. The third kappa shape index (κ3) is 6.14. The summed E-state index contributed by atoms with van der Waals surface area (Å²) in [6, 6.07) is 9.11. The van der Waals surface area contributed by atoms with E-state index in [1.807, 2.05) is 29.8 Å². The lowest BCUT2D eigenvalue weighted by Crippen LogP contribution is -2.31. The molecule has 0 unspecified atom stereocenters. The van der Waals surface area contributed by atoms with Gasteiger partial charge in [-0.1, -0.05) is 18.2 Å². The highest BCUT2D eigenvalue weighted by molar-refractivity contribution is 7.88. The van der Waals surface area contributed by atoms with Crippen LogP contribution < -0.4 is 10.6 Å². The van der Waals surface area contributed by atoms with Gasteiger partial charge in [-0.05, 0) is 42.5 Å². The van der Waals surface area contributed by atoms with Gasteiger partial charge in [-0.3, -0.25) is 0 Å². The van der Waals surface area contributed by atoms with E-state index in [1.54, 1.807) is 28.8 Å². The van der Waals surface area contributed by atoms with Crippen molar-refractivity contribution in [3.05, 3.63) is 74.5 Å². The molecule has 4 aromatic rings. The number of thiophene rings is 1. The van der Waals surface area contributed by atoms with Crippen molar-refractivity contribution >= 4 is 54.2 Å². The molecule has 0 bridgehead atoms. The molecule has 9 nitrogen and oxygen atoms in total. The van der Waals surface area contributed by atoms with Gasteiger partial charge in [0.2, 0.25) is 10.0 Å². The van der Waals surface area contributed by atoms with Gasteiger partial charge in [-0.15, -0.1) is 34.0 Å². The molecule has 0 radical (unpaired) electrons. The van der Waals surface area contributed by atoms with Gasteiger partial charge in [0.25, 0.3) is 0 Å². The van der Waals surface area contributed by atoms with Crippen molar-refractivity contribution in [1.29, 1.82) is 0 Å². The van der Waals surface area contributed by atoms with Crippen LogP contribution in [0.3, 0.4) is 0 Å². The Balaban J connectivity index is 1.61. The number of aromatic nitrogens is 2. The maximum absolute atomic E-state index is 13.0. The number of aryl methyl sites for hydroxylation is 1. The van der Waals surface area contributed by atoms with Crippen LogP contribution in [-0.2, 0) is 36.6 Å². The lowest BCUT2D eigenvalue weighted by atomic mass is 10.1. The van der Waals surface area contributed by atoms with Crippen molar-refractivity contribution in [3.63, 3.8) is 0 Å². The largest absolute Gasteiger partial charge is 0.312 e. The highest BCUT2D eigenvalue weighted by atomic mass is 32.2. The zero-order valence-electron chi connectivity index (χ0n) is 17.7. The molecule has 0 spiro atoms. The van der Waals surface area contributed by atoms with Crippen molar-refractivity contribution in [2.45, 2.75) is 30.0 Å². The molecule has 0 aliphatic heterocycles. The number of hydrogen-bond donors (Lipinski definition) is 2. The van der Waals surface area contributed by atoms with E-state index in [9.17, 15) is 16.8 Å². The number of nitrogens with one attached hydrogen (secondary N) is 1. The minimum Gasteiger partial charge on any atom is -0.245 e. The zero-order chi connectivity index (χ0) is 24.3. The minimum atomic E-state index is -4.03. The molecule has 4 rings (SSSR count). The number of sulfonamides is 1. The first-order chi connectivity index (χ1) is 16.1. The van der Waals surface area contributed by atoms with Crippen LogP contribution in [0.25, 0.3) is 9.88 Å². The van der Waals surface area contributed by atoms with E-state index < -0.39 is 26.2 Å². The fraction of sp³-hybridized carbons (Fsp3) is 0.200. The van der Waals surface area contributed by atoms with E-state index in [0.29, 0.717) is 17.0 Å². The average Bonchev–Trinajstić information content (AvgIpc) is 3.55. The Morgan fingerprint density at radius 1 is 1.03 bits per heavy atom. The molecular weight excluding hydrogens is 537 g/mol. The predicted molar refractivity (Wildman–Crippen MR) is 133 cm³/mol. The number of hydrogen-bond acceptors (Lipinski definition) is 11. The lowest BCUT2D eigenvalue weighted by Gasteiger charge is -2.17. The smallest absolute Gasteiger partial charge is 0.245 e. The Morgan fingerprint density at radius 2 is 1.79 bits per heavy atom. The first-order valence-electron chi connectivity index (χ1n) is 9.78. The summed E-state index contributed by atoms with van der Waals surface area (Å²) < 4.78 is 56.3. The first kappa shape index (κ1) is 25.1. The Bertz CT molecular complexity index is 1460. The molecule has 1 aromatic carbocycles. The molecule has 180 valence electrons. The van der Waals surface area contributed by atoms with Crippen molar-refractivity contribution in [2.75, 3.05) is 0 Å². The molecule has 0 fully saturated rings. The molecule has 3 heterocycles. The predicted octanol–water partition coefficient (Wildman–Crippen LogP) is 3.62. The Morgan fingerprint density at radius 3 is 2.41 bits per heavy atom. The van der Waals surface area contributed by atoms with E-state index in [0.717, 1.165) is 14.9 Å². The van der Waals surface area contributed by atoms with Gasteiger partial charge in [0.1, 0.15) is 10.8 Å². The van der Waals surface area contributed by atoms with Crippen molar-refractivity contribution < 1.29 is 21.1 Å². The van der Waals surface area contributed by atoms with Gasteiger partial charge < -0.3 is 0 Å². The summed E-state index contributed by atoms with van der Waals surface area (Å²) in [4.78, 5) is 9.82. The Hall–Kier alpha value is -2.04. The zero-order valence-corrected chi connectivity index (χ0v) is 21.8. The summed E-state index contributed by atoms with van der Waals surface area (Å²) in [6.45, 7) is 1.82. The molecule has 3 aromatic heterocycles. The molecule has 1 atom stereocenters. The van der Waals surface area contributed by atoms with Gasteiger partial charge >= 0.3 is 10.1 Å². The van der Waals surface area contributed by atoms with Crippen LogP contribution in [0, 0.1) is 6.92 Å². The summed E-state index contributed by atoms with van der Waals surface area (Å²) in [5.74, 6) is 4.59. The maximum atomic E-state index is 13.0. The number of nitrogens with zero attached hydrogens (tertiary/aromatic N) is 2. The normalized spacial score (nSPS) is 13.2. The Labute approximate surface area is 209 Å². The van der Waals surface area contributed by atoms with Crippen LogP contribution in [0.2, 0.25) is 0 Å². The summed E-state index contributed by atoms with van der Waals surface area (Å²) >= 11 is 4.37. The molecule has 0 aliphatic carbocycles. The fourth-order valence-electron chi connectivity index (χ4n) is 3.18. The van der Waals surface area contributed by atoms with Crippen molar-refractivity contribution in [2.24, 2.45) is 5.90 Å². The molecule has 14 heteroatoms. The van der Waals surface area contributed by atoms with Gasteiger partial charge in [0.15, 0.2) is 0 Å². The van der Waals surface area contributed by atoms with Crippen molar-refractivity contribution in [3.8, 4) is 9.88 Å². The molecular formula is C20H20N4O5S5. The first-order valence-corrected chi connectivity index (χ1v) is 15.5. The van der Waals surface area contributed by atoms with Gasteiger partial charge in [-0.2, -0.15) is 18.6 Å². The van der Waals surface area contributed by atoms with E-state index in [2.05, 4.69) is 19.0 Å². The second kappa shape index (κ2) is 10.3. The molecule has 34 heavy (non-hydrogen) atoms. The van der Waals surface area contributed by atoms with Crippen LogP contribution in [0.15, 0.2) is 57.4 Å². The van der Waals surface area contributed by atoms with Crippen LogP contribution in [0.4, 0.5) is 0 Å². The third-order valence-electron chi connectivity index (χ3n) is 4.72. The molecule has 0 amide bonds. The number of thiazole rings is 2. The number of rotatable bonds is 10. The molecule has 0 saturated carbocycles. The summed E-state index contributed by atoms with van der Waals surface area (Å²) in [7, 11) is -7.77.